The van der Waals surface area contributed by atoms with Crippen molar-refractivity contribution < 1.29 is 0 Å². The highest BCUT2D eigenvalue weighted by Gasteiger charge is 2.11. The predicted octanol–water partition coefficient (Wildman–Crippen LogP) is 1.78. The van der Waals surface area contributed by atoms with Crippen molar-refractivity contribution in [3.8, 4) is 0 Å². The molecule has 0 aliphatic carbocycles. The lowest BCUT2D eigenvalue weighted by molar-refractivity contribution is 0.902. The van der Waals surface area contributed by atoms with Gasteiger partial charge in [-0.2, -0.15) is 0 Å². The molecule has 0 spiro atoms. The Hall–Kier alpha value is 0. The second-order valence-electron chi connectivity index (χ2n) is 2.46. The van der Waals surface area contributed by atoms with Crippen molar-refractivity contribution >= 4 is 15.5 Å². The van der Waals surface area contributed by atoms with Crippen molar-refractivity contribution in [3.05, 3.63) is 5.57 Å². The Kier molecular flexibility index (Phi) is 1.06. The van der Waals surface area contributed by atoms with Crippen LogP contribution in [0, 0.1) is 0 Å². The summed E-state index contributed by atoms with van der Waals surface area (Å²) >= 11 is 0. The molecule has 0 radical (unpaired) electrons. The molecule has 2 bridgehead atoms. The highest BCUT2D eigenvalue weighted by Crippen LogP contribution is 2.30. The summed E-state index contributed by atoms with van der Waals surface area (Å²) in [5.41, 5.74) is 1.64. The first kappa shape index (κ1) is 4.84. The van der Waals surface area contributed by atoms with Crippen LogP contribution >= 0.6 is 10.5 Å². The fourth-order valence-corrected chi connectivity index (χ4v) is 3.35. The Morgan fingerprint density at radius 2 is 2.25 bits per heavy atom. The summed E-state index contributed by atoms with van der Waals surface area (Å²) in [6.07, 6.45) is 4.19. The Bertz CT molecular complexity index is 157. The Morgan fingerprint density at radius 1 is 1.25 bits per heavy atom. The monoisotopic (exact) mass is 126 g/mol. The lowest BCUT2D eigenvalue weighted by atomic mass is 10.1. The third kappa shape index (κ3) is 0.667. The van der Waals surface area contributed by atoms with E-state index in [0.29, 0.717) is 10.5 Å². The number of allylic oxidation sites excluding steroid dienone is 1. The maximum Gasteiger partial charge on any atom is -0.000403 e. The normalized spacial score (nSPS) is 34.0. The van der Waals surface area contributed by atoms with E-state index in [9.17, 15) is 0 Å². The van der Waals surface area contributed by atoms with Crippen molar-refractivity contribution in [3.63, 3.8) is 0 Å². The zero-order valence-electron chi connectivity index (χ0n) is 4.94. The highest BCUT2D eigenvalue weighted by atomic mass is 32.2. The van der Waals surface area contributed by atoms with E-state index in [0.717, 1.165) is 0 Å². The number of rotatable bonds is 0. The van der Waals surface area contributed by atoms with Crippen LogP contribution in [-0.4, -0.2) is 16.5 Å². The Labute approximate surface area is 52.5 Å². The summed E-state index contributed by atoms with van der Waals surface area (Å²) in [5.74, 6) is 2.89. The van der Waals surface area contributed by atoms with Gasteiger partial charge in [0.05, 0.1) is 0 Å². The average molecular weight is 126 g/mol. The third-order valence-electron chi connectivity index (χ3n) is 1.81. The average Bonchev–Trinajstić information content (AvgIpc) is 2.12. The second-order valence-corrected chi connectivity index (χ2v) is 4.47. The van der Waals surface area contributed by atoms with Crippen LogP contribution in [0.2, 0.25) is 0 Å². The molecule has 0 aromatic carbocycles. The minimum atomic E-state index is 0.635. The summed E-state index contributed by atoms with van der Waals surface area (Å²) in [6.45, 7) is 0. The molecule has 8 heavy (non-hydrogen) atoms. The molecule has 2 aliphatic rings. The van der Waals surface area contributed by atoms with Gasteiger partial charge in [0.15, 0.2) is 0 Å². The summed E-state index contributed by atoms with van der Waals surface area (Å²) in [6, 6.07) is 0. The van der Waals surface area contributed by atoms with Crippen molar-refractivity contribution in [2.24, 2.45) is 0 Å². The quantitative estimate of drug-likeness (QED) is 0.434. The van der Waals surface area contributed by atoms with E-state index in [1.165, 1.54) is 30.8 Å². The maximum absolute atomic E-state index is 3.53. The molecule has 0 amide bonds. The molecule has 2 heterocycles. The molecule has 0 fully saturated rings. The van der Waals surface area contributed by atoms with Gasteiger partial charge in [-0.1, -0.05) is 5.02 Å². The minimum absolute atomic E-state index is 0.635. The van der Waals surface area contributed by atoms with Crippen LogP contribution in [-0.2, 0) is 0 Å². The molecule has 1 atom stereocenters. The van der Waals surface area contributed by atoms with Crippen molar-refractivity contribution in [1.82, 2.24) is 0 Å². The lowest BCUT2D eigenvalue weighted by Gasteiger charge is -1.99. The minimum Gasteiger partial charge on any atom is -0.143 e. The van der Waals surface area contributed by atoms with E-state index in [1.54, 1.807) is 5.57 Å². The smallest absolute Gasteiger partial charge is 0.000403 e. The molecule has 1 heteroatoms. The fraction of sp³-hybridized carbons (Fsp3) is 0.714. The van der Waals surface area contributed by atoms with Gasteiger partial charge in [0, 0.05) is 0 Å². The molecular formula is C7H10S. The molecule has 2 aliphatic heterocycles. The van der Waals surface area contributed by atoms with Gasteiger partial charge in [-0.3, -0.25) is 0 Å². The van der Waals surface area contributed by atoms with Gasteiger partial charge in [0.25, 0.3) is 0 Å². The molecule has 0 N–H and O–H groups in total. The van der Waals surface area contributed by atoms with Gasteiger partial charge < -0.3 is 0 Å². The van der Waals surface area contributed by atoms with E-state index >= 15 is 0 Å². The van der Waals surface area contributed by atoms with Crippen molar-refractivity contribution in [1.29, 1.82) is 0 Å². The van der Waals surface area contributed by atoms with E-state index in [-0.39, 0.29) is 0 Å². The molecule has 0 nitrogen and oxygen atoms in total. The summed E-state index contributed by atoms with van der Waals surface area (Å²) in [5, 5.41) is 3.53. The second kappa shape index (κ2) is 1.75. The van der Waals surface area contributed by atoms with Gasteiger partial charge in [0.1, 0.15) is 0 Å². The molecule has 1 unspecified atom stereocenters. The molecule has 44 valence electrons. The Balaban J connectivity index is 2.38. The van der Waals surface area contributed by atoms with Crippen LogP contribution < -0.4 is 0 Å². The summed E-state index contributed by atoms with van der Waals surface area (Å²) < 4.78 is 0. The Morgan fingerprint density at radius 3 is 3.00 bits per heavy atom. The van der Waals surface area contributed by atoms with Crippen LogP contribution in [0.25, 0.3) is 0 Å². The van der Waals surface area contributed by atoms with E-state index in [4.69, 9.17) is 0 Å². The van der Waals surface area contributed by atoms with E-state index < -0.39 is 0 Å². The SMILES string of the molecule is C1=C2CCCS=1CC2. The van der Waals surface area contributed by atoms with Crippen molar-refractivity contribution in [2.75, 3.05) is 11.5 Å². The van der Waals surface area contributed by atoms with E-state index in [2.05, 4.69) is 5.02 Å². The first-order chi connectivity index (χ1) is 3.95. The fourth-order valence-electron chi connectivity index (χ4n) is 1.34. The van der Waals surface area contributed by atoms with Crippen LogP contribution in [0.15, 0.2) is 5.57 Å². The zero-order valence-corrected chi connectivity index (χ0v) is 5.76. The molecule has 0 saturated carbocycles. The standard InChI is InChI=1S/C7H10S/c1-2-7-3-5-8(4-1)6-7/h1-5H2. The van der Waals surface area contributed by atoms with Crippen molar-refractivity contribution in [2.45, 2.75) is 19.3 Å². The molecule has 2 rings (SSSR count). The number of hydrogen-bond acceptors (Lipinski definition) is 0. The van der Waals surface area contributed by atoms with Crippen LogP contribution in [0.5, 0.6) is 0 Å². The molecule has 0 aromatic rings. The zero-order chi connectivity index (χ0) is 5.40. The predicted molar refractivity (Wildman–Crippen MR) is 39.7 cm³/mol. The lowest BCUT2D eigenvalue weighted by Crippen LogP contribution is -1.85. The summed E-state index contributed by atoms with van der Waals surface area (Å²) in [7, 11) is 0.635. The van der Waals surface area contributed by atoms with Crippen LogP contribution in [0.1, 0.15) is 19.3 Å². The molecular weight excluding hydrogens is 116 g/mol. The van der Waals surface area contributed by atoms with Gasteiger partial charge in [-0.25, -0.2) is 0 Å². The maximum atomic E-state index is 3.53. The molecule has 0 saturated heterocycles. The van der Waals surface area contributed by atoms with Gasteiger partial charge in [-0.05, 0) is 36.3 Å². The first-order valence-corrected chi connectivity index (χ1v) is 4.80. The third-order valence-corrected chi connectivity index (χ3v) is 3.86. The first-order valence-electron chi connectivity index (χ1n) is 3.24. The summed E-state index contributed by atoms with van der Waals surface area (Å²) in [4.78, 5) is 0. The molecule has 0 aromatic heterocycles. The number of hydrogen-bond donors (Lipinski definition) is 0. The van der Waals surface area contributed by atoms with E-state index in [1.807, 2.05) is 0 Å². The van der Waals surface area contributed by atoms with Gasteiger partial charge in [0.2, 0.25) is 0 Å². The largest absolute Gasteiger partial charge is 0.143 e. The van der Waals surface area contributed by atoms with Gasteiger partial charge >= 0.3 is 0 Å². The highest BCUT2D eigenvalue weighted by molar-refractivity contribution is 8.14. The van der Waals surface area contributed by atoms with Gasteiger partial charge in [-0.15, -0.1) is 10.5 Å². The van der Waals surface area contributed by atoms with Crippen LogP contribution in [0.4, 0.5) is 0 Å². The topological polar surface area (TPSA) is 0 Å². The van der Waals surface area contributed by atoms with Crippen LogP contribution in [0.3, 0.4) is 0 Å².